The Morgan fingerprint density at radius 3 is 2.10 bits per heavy atom. The predicted molar refractivity (Wildman–Crippen MR) is 117 cm³/mol. The molecule has 0 aromatic heterocycles. The minimum Gasteiger partial charge on any atom is -0.325 e. The third kappa shape index (κ3) is 5.03. The van der Waals surface area contributed by atoms with Gasteiger partial charge in [-0.05, 0) is 55.3 Å². The summed E-state index contributed by atoms with van der Waals surface area (Å²) in [6.45, 7) is 3.62. The van der Waals surface area contributed by atoms with Crippen molar-refractivity contribution in [2.45, 2.75) is 25.2 Å². The Morgan fingerprint density at radius 1 is 0.897 bits per heavy atom. The van der Waals surface area contributed by atoms with Crippen LogP contribution in [0.25, 0.3) is 0 Å². The van der Waals surface area contributed by atoms with Gasteiger partial charge in [-0.1, -0.05) is 55.0 Å². The van der Waals surface area contributed by atoms with E-state index >= 15 is 0 Å². The number of carbonyl (C=O) groups excluding carboxylic acids is 1. The van der Waals surface area contributed by atoms with Crippen molar-refractivity contribution in [2.24, 2.45) is 0 Å². The first-order chi connectivity index (χ1) is 13.9. The van der Waals surface area contributed by atoms with Crippen LogP contribution in [0.15, 0.2) is 83.8 Å². The summed E-state index contributed by atoms with van der Waals surface area (Å²) >= 11 is 0. The van der Waals surface area contributed by atoms with Gasteiger partial charge in [0.25, 0.3) is 10.0 Å². The number of benzene rings is 3. The van der Waals surface area contributed by atoms with E-state index in [1.807, 2.05) is 31.2 Å². The highest BCUT2D eigenvalue weighted by Gasteiger charge is 2.27. The van der Waals surface area contributed by atoms with Crippen molar-refractivity contribution in [3.8, 4) is 0 Å². The van der Waals surface area contributed by atoms with Gasteiger partial charge in [0, 0.05) is 5.69 Å². The number of nitrogens with one attached hydrogen (secondary N) is 1. The van der Waals surface area contributed by atoms with E-state index in [2.05, 4.69) is 12.2 Å². The molecular weight excluding hydrogens is 384 g/mol. The second-order valence-electron chi connectivity index (χ2n) is 6.76. The zero-order chi connectivity index (χ0) is 20.9. The molecule has 3 aromatic rings. The lowest BCUT2D eigenvalue weighted by Crippen LogP contribution is -2.38. The second-order valence-corrected chi connectivity index (χ2v) is 8.62. The minimum atomic E-state index is -3.90. The smallest absolute Gasteiger partial charge is 0.264 e. The molecule has 150 valence electrons. The number of sulfonamides is 1. The minimum absolute atomic E-state index is 0.145. The first kappa shape index (κ1) is 20.6. The molecular formula is C23H24N2O3S. The normalized spacial score (nSPS) is 11.1. The van der Waals surface area contributed by atoms with Gasteiger partial charge in [-0.15, -0.1) is 0 Å². The molecule has 29 heavy (non-hydrogen) atoms. The molecule has 1 amide bonds. The highest BCUT2D eigenvalue weighted by molar-refractivity contribution is 7.92. The maximum absolute atomic E-state index is 13.3. The molecule has 0 radical (unpaired) electrons. The van der Waals surface area contributed by atoms with Crippen molar-refractivity contribution in [3.63, 3.8) is 0 Å². The van der Waals surface area contributed by atoms with Gasteiger partial charge in [-0.25, -0.2) is 8.42 Å². The van der Waals surface area contributed by atoms with Crippen molar-refractivity contribution >= 4 is 27.3 Å². The zero-order valence-electron chi connectivity index (χ0n) is 16.5. The molecule has 0 spiro atoms. The summed E-state index contributed by atoms with van der Waals surface area (Å²) in [6, 6.07) is 22.8. The maximum Gasteiger partial charge on any atom is 0.264 e. The van der Waals surface area contributed by atoms with E-state index in [0.29, 0.717) is 11.4 Å². The van der Waals surface area contributed by atoms with Gasteiger partial charge in [0.15, 0.2) is 0 Å². The molecule has 0 heterocycles. The van der Waals surface area contributed by atoms with Gasteiger partial charge in [0.1, 0.15) is 6.54 Å². The largest absolute Gasteiger partial charge is 0.325 e. The lowest BCUT2D eigenvalue weighted by atomic mass is 10.1. The van der Waals surface area contributed by atoms with E-state index in [1.165, 1.54) is 0 Å². The Labute approximate surface area is 172 Å². The molecule has 3 aromatic carbocycles. The number of carbonyl (C=O) groups is 1. The van der Waals surface area contributed by atoms with E-state index < -0.39 is 15.9 Å². The van der Waals surface area contributed by atoms with Gasteiger partial charge < -0.3 is 5.32 Å². The molecule has 0 bridgehead atoms. The quantitative estimate of drug-likeness (QED) is 0.630. The first-order valence-electron chi connectivity index (χ1n) is 9.43. The third-order valence-corrected chi connectivity index (χ3v) is 6.37. The molecule has 5 nitrogen and oxygen atoms in total. The van der Waals surface area contributed by atoms with Gasteiger partial charge >= 0.3 is 0 Å². The summed E-state index contributed by atoms with van der Waals surface area (Å²) in [7, 11) is -3.90. The van der Waals surface area contributed by atoms with E-state index in [9.17, 15) is 13.2 Å². The monoisotopic (exact) mass is 408 g/mol. The highest BCUT2D eigenvalue weighted by atomic mass is 32.2. The number of para-hydroxylation sites is 1. The van der Waals surface area contributed by atoms with Crippen molar-refractivity contribution in [2.75, 3.05) is 16.2 Å². The summed E-state index contributed by atoms with van der Waals surface area (Å²) in [6.07, 6.45) is 0.908. The average molecular weight is 409 g/mol. The average Bonchev–Trinajstić information content (AvgIpc) is 2.73. The van der Waals surface area contributed by atoms with Crippen LogP contribution in [0.4, 0.5) is 11.4 Å². The van der Waals surface area contributed by atoms with Crippen LogP contribution in [0, 0.1) is 6.92 Å². The third-order valence-electron chi connectivity index (χ3n) is 4.59. The molecule has 6 heteroatoms. The highest BCUT2D eigenvalue weighted by Crippen LogP contribution is 2.24. The molecule has 0 saturated heterocycles. The Morgan fingerprint density at radius 2 is 1.52 bits per heavy atom. The fourth-order valence-corrected chi connectivity index (χ4v) is 4.32. The molecule has 0 atom stereocenters. The van der Waals surface area contributed by atoms with Gasteiger partial charge in [-0.2, -0.15) is 0 Å². The summed E-state index contributed by atoms with van der Waals surface area (Å²) in [5, 5.41) is 2.78. The number of hydrogen-bond acceptors (Lipinski definition) is 3. The van der Waals surface area contributed by atoms with Crippen molar-refractivity contribution in [1.29, 1.82) is 0 Å². The van der Waals surface area contributed by atoms with Crippen LogP contribution < -0.4 is 9.62 Å². The van der Waals surface area contributed by atoms with Crippen molar-refractivity contribution < 1.29 is 13.2 Å². The molecule has 0 saturated carbocycles. The number of aryl methyl sites for hydroxylation is 2. The molecule has 0 aliphatic rings. The summed E-state index contributed by atoms with van der Waals surface area (Å²) in [4.78, 5) is 12.8. The lowest BCUT2D eigenvalue weighted by Gasteiger charge is -2.24. The predicted octanol–water partition coefficient (Wildman–Crippen LogP) is 4.39. The summed E-state index contributed by atoms with van der Waals surface area (Å²) in [5.74, 6) is -0.409. The van der Waals surface area contributed by atoms with Crippen molar-refractivity contribution in [1.82, 2.24) is 0 Å². The number of anilines is 2. The standard InChI is InChI=1S/C23H24N2O3S/c1-3-19-11-13-20(14-12-19)24-23(26)17-25(21-7-5-4-6-8-21)29(27,28)22-15-9-18(2)10-16-22/h4-16H,3,17H2,1-2H3,(H,24,26). The van der Waals surface area contributed by atoms with Crippen LogP contribution in [0.3, 0.4) is 0 Å². The van der Waals surface area contributed by atoms with E-state index in [0.717, 1.165) is 21.9 Å². The van der Waals surface area contributed by atoms with Crippen LogP contribution in [0.2, 0.25) is 0 Å². The molecule has 1 N–H and O–H groups in total. The summed E-state index contributed by atoms with van der Waals surface area (Å²) < 4.78 is 27.7. The first-order valence-corrected chi connectivity index (χ1v) is 10.9. The number of amides is 1. The SMILES string of the molecule is CCc1ccc(NC(=O)CN(c2ccccc2)S(=O)(=O)c2ccc(C)cc2)cc1. The van der Waals surface area contributed by atoms with Gasteiger partial charge in [-0.3, -0.25) is 9.10 Å². The number of hydrogen-bond donors (Lipinski definition) is 1. The van der Waals surface area contributed by atoms with Crippen LogP contribution in [-0.4, -0.2) is 20.9 Å². The lowest BCUT2D eigenvalue weighted by molar-refractivity contribution is -0.114. The van der Waals surface area contributed by atoms with E-state index in [1.54, 1.807) is 54.6 Å². The molecule has 3 rings (SSSR count). The van der Waals surface area contributed by atoms with Crippen molar-refractivity contribution in [3.05, 3.63) is 90.0 Å². The Hall–Kier alpha value is -3.12. The van der Waals surface area contributed by atoms with E-state index in [-0.39, 0.29) is 11.4 Å². The van der Waals surface area contributed by atoms with Gasteiger partial charge in [0.2, 0.25) is 5.91 Å². The Kier molecular flexibility index (Phi) is 6.34. The van der Waals surface area contributed by atoms with Gasteiger partial charge in [0.05, 0.1) is 10.6 Å². The number of nitrogens with zero attached hydrogens (tertiary/aromatic N) is 1. The number of rotatable bonds is 7. The fraction of sp³-hybridized carbons (Fsp3) is 0.174. The maximum atomic E-state index is 13.3. The fourth-order valence-electron chi connectivity index (χ4n) is 2.90. The van der Waals surface area contributed by atoms with Crippen LogP contribution in [0.1, 0.15) is 18.1 Å². The zero-order valence-corrected chi connectivity index (χ0v) is 17.3. The molecule has 0 unspecified atom stereocenters. The molecule has 0 aliphatic heterocycles. The molecule has 0 fully saturated rings. The van der Waals surface area contributed by atoms with E-state index in [4.69, 9.17) is 0 Å². The Balaban J connectivity index is 1.87. The Bertz CT molecular complexity index is 1060. The van der Waals surface area contributed by atoms with Crippen LogP contribution in [0.5, 0.6) is 0 Å². The topological polar surface area (TPSA) is 66.5 Å². The summed E-state index contributed by atoms with van der Waals surface area (Å²) in [5.41, 5.74) is 3.19. The second kappa shape index (κ2) is 8.92. The molecule has 0 aliphatic carbocycles. The van der Waals surface area contributed by atoms with Crippen LogP contribution in [-0.2, 0) is 21.2 Å². The van der Waals surface area contributed by atoms with Crippen LogP contribution >= 0.6 is 0 Å².